The van der Waals surface area contributed by atoms with Gasteiger partial charge in [-0.2, -0.15) is 5.10 Å². The molecular weight excluding hydrogens is 476 g/mol. The number of piperidine rings is 1. The molecule has 214 valence electrons. The first-order chi connectivity index (χ1) is 18.3. The summed E-state index contributed by atoms with van der Waals surface area (Å²) < 4.78 is 1.80. The van der Waals surface area contributed by atoms with Gasteiger partial charge in [-0.15, -0.1) is 0 Å². The lowest BCUT2D eigenvalue weighted by atomic mass is 9.81. The lowest BCUT2D eigenvalue weighted by molar-refractivity contribution is -0.139. The number of nitrogens with one attached hydrogen (secondary N) is 3. The first-order valence-electron chi connectivity index (χ1n) is 14.7. The van der Waals surface area contributed by atoms with E-state index in [1.54, 1.807) is 4.68 Å². The Hall–Kier alpha value is -2.61. The number of aryl methyl sites for hydroxylation is 1. The summed E-state index contributed by atoms with van der Waals surface area (Å²) in [6.45, 7) is 17.5. The summed E-state index contributed by atoms with van der Waals surface area (Å²) in [5.41, 5.74) is 1.85. The van der Waals surface area contributed by atoms with Crippen LogP contribution in [0.3, 0.4) is 0 Å². The minimum atomic E-state index is -0.0677. The van der Waals surface area contributed by atoms with Crippen LogP contribution in [0.2, 0.25) is 0 Å². The molecule has 1 unspecified atom stereocenters. The molecule has 0 radical (unpaired) electrons. The molecule has 1 aliphatic carbocycles. The van der Waals surface area contributed by atoms with Crippen LogP contribution in [0.5, 0.6) is 0 Å². The average Bonchev–Trinajstić information content (AvgIpc) is 3.23. The van der Waals surface area contributed by atoms with E-state index in [4.69, 9.17) is 0 Å². The number of hydrogen-bond acceptors (Lipinski definition) is 5. The maximum absolute atomic E-state index is 13.4. The molecule has 4 rings (SSSR count). The van der Waals surface area contributed by atoms with Gasteiger partial charge in [-0.1, -0.05) is 32.6 Å². The largest absolute Gasteiger partial charge is 0.356 e. The van der Waals surface area contributed by atoms with Crippen molar-refractivity contribution in [2.75, 3.05) is 25.0 Å². The van der Waals surface area contributed by atoms with Gasteiger partial charge in [-0.05, 0) is 84.2 Å². The number of aromatic nitrogens is 2. The van der Waals surface area contributed by atoms with Gasteiger partial charge >= 0.3 is 0 Å². The highest BCUT2D eigenvalue weighted by molar-refractivity contribution is 5.80. The van der Waals surface area contributed by atoms with E-state index in [9.17, 15) is 9.59 Å². The second-order valence-electron chi connectivity index (χ2n) is 10.5. The Morgan fingerprint density at radius 1 is 1.08 bits per heavy atom. The number of amides is 2. The Bertz CT molecular complexity index is 906. The zero-order valence-corrected chi connectivity index (χ0v) is 24.7. The predicted octanol–water partition coefficient (Wildman–Crippen LogP) is 5.00. The van der Waals surface area contributed by atoms with Crippen molar-refractivity contribution in [3.8, 4) is 0 Å². The minimum absolute atomic E-state index is 0.0464. The van der Waals surface area contributed by atoms with Gasteiger partial charge < -0.3 is 20.9 Å². The molecule has 3 heterocycles. The number of anilines is 1. The lowest BCUT2D eigenvalue weighted by Gasteiger charge is -2.34. The van der Waals surface area contributed by atoms with E-state index in [0.717, 1.165) is 75.2 Å². The van der Waals surface area contributed by atoms with E-state index >= 15 is 0 Å². The molecule has 0 bridgehead atoms. The summed E-state index contributed by atoms with van der Waals surface area (Å²) in [7, 11) is 1.90. The highest BCUT2D eigenvalue weighted by Gasteiger charge is 2.34. The number of carbonyl (C=O) groups is 2. The first kappa shape index (κ1) is 31.6. The Kier molecular flexibility index (Phi) is 13.6. The van der Waals surface area contributed by atoms with Crippen LogP contribution in [-0.2, 0) is 23.2 Å². The summed E-state index contributed by atoms with van der Waals surface area (Å²) >= 11 is 0. The molecule has 3 aliphatic rings. The molecule has 2 amide bonds. The third-order valence-electron chi connectivity index (χ3n) is 7.94. The molecule has 1 saturated heterocycles. The minimum Gasteiger partial charge on any atom is -0.356 e. The van der Waals surface area contributed by atoms with Gasteiger partial charge in [0.05, 0.1) is 18.8 Å². The van der Waals surface area contributed by atoms with Crippen molar-refractivity contribution in [1.29, 1.82) is 0 Å². The van der Waals surface area contributed by atoms with Crippen molar-refractivity contribution in [2.24, 2.45) is 24.8 Å². The van der Waals surface area contributed by atoms with Crippen LogP contribution in [0.25, 0.3) is 0 Å². The number of rotatable bonds is 5. The summed E-state index contributed by atoms with van der Waals surface area (Å²) in [6, 6.07) is -0.0677. The number of allylic oxidation sites excluding steroid dienone is 2. The second-order valence-corrected chi connectivity index (χ2v) is 10.5. The van der Waals surface area contributed by atoms with Crippen molar-refractivity contribution in [3.63, 3.8) is 0 Å². The van der Waals surface area contributed by atoms with E-state index < -0.39 is 0 Å². The standard InChI is InChI=1S/C24H38N6O2.C4H8.C2H6/c1-16-17(2)30(15-21-14-27-29(3)23(21)28-16)24(32)20-6-4-19(5-7-20)13-26-22(31)12-18-8-10-25-11-9-18;1-3-4-2;1-2/h14,17-20,25,28H,1,4-13,15H2,2-3H3,(H,26,31);3-4H,1-2H3;1-2H3/b;4-3-;. The fourth-order valence-corrected chi connectivity index (χ4v) is 5.32. The van der Waals surface area contributed by atoms with Crippen LogP contribution in [0.1, 0.15) is 85.1 Å². The third-order valence-corrected chi connectivity index (χ3v) is 7.94. The monoisotopic (exact) mass is 528 g/mol. The topological polar surface area (TPSA) is 91.3 Å². The highest BCUT2D eigenvalue weighted by Crippen LogP contribution is 2.33. The van der Waals surface area contributed by atoms with Crippen molar-refractivity contribution < 1.29 is 9.59 Å². The fourth-order valence-electron chi connectivity index (χ4n) is 5.32. The molecule has 1 aromatic rings. The van der Waals surface area contributed by atoms with Crippen molar-refractivity contribution in [3.05, 3.63) is 36.2 Å². The summed E-state index contributed by atoms with van der Waals surface area (Å²) in [5, 5.41) is 14.2. The van der Waals surface area contributed by atoms with Crippen LogP contribution in [-0.4, -0.2) is 52.2 Å². The number of hydrogen-bond donors (Lipinski definition) is 3. The summed E-state index contributed by atoms with van der Waals surface area (Å²) in [4.78, 5) is 27.7. The van der Waals surface area contributed by atoms with Crippen LogP contribution in [0.4, 0.5) is 5.82 Å². The second kappa shape index (κ2) is 16.4. The van der Waals surface area contributed by atoms with E-state index in [-0.39, 0.29) is 23.8 Å². The lowest BCUT2D eigenvalue weighted by Crippen LogP contribution is -2.43. The van der Waals surface area contributed by atoms with Crippen LogP contribution < -0.4 is 16.0 Å². The highest BCUT2D eigenvalue weighted by atomic mass is 16.2. The normalized spacial score (nSPS) is 23.7. The molecule has 2 fully saturated rings. The maximum Gasteiger partial charge on any atom is 0.226 e. The van der Waals surface area contributed by atoms with Crippen molar-refractivity contribution >= 4 is 17.6 Å². The molecule has 1 aromatic heterocycles. The van der Waals surface area contributed by atoms with Gasteiger partial charge in [0.15, 0.2) is 0 Å². The Morgan fingerprint density at radius 3 is 2.32 bits per heavy atom. The van der Waals surface area contributed by atoms with Crippen LogP contribution in [0, 0.1) is 17.8 Å². The summed E-state index contributed by atoms with van der Waals surface area (Å²) in [6.07, 6.45) is 12.4. The maximum atomic E-state index is 13.4. The van der Waals surface area contributed by atoms with Gasteiger partial charge in [0, 0.05) is 37.2 Å². The van der Waals surface area contributed by atoms with E-state index in [1.165, 1.54) is 0 Å². The molecule has 1 saturated carbocycles. The molecule has 8 heteroatoms. The van der Waals surface area contributed by atoms with Gasteiger partial charge in [0.2, 0.25) is 11.8 Å². The first-order valence-corrected chi connectivity index (χ1v) is 14.7. The molecule has 38 heavy (non-hydrogen) atoms. The van der Waals surface area contributed by atoms with Crippen LogP contribution >= 0.6 is 0 Å². The molecule has 0 spiro atoms. The molecule has 1 atom stereocenters. The Balaban J connectivity index is 0.000000773. The molecule has 2 aliphatic heterocycles. The number of fused-ring (bicyclic) bond motifs is 1. The summed E-state index contributed by atoms with van der Waals surface area (Å²) in [5.74, 6) is 2.35. The Morgan fingerprint density at radius 2 is 1.71 bits per heavy atom. The smallest absolute Gasteiger partial charge is 0.226 e. The molecule has 8 nitrogen and oxygen atoms in total. The van der Waals surface area contributed by atoms with Crippen molar-refractivity contribution in [2.45, 2.75) is 92.2 Å². The van der Waals surface area contributed by atoms with E-state index in [0.29, 0.717) is 24.8 Å². The van der Waals surface area contributed by atoms with Gasteiger partial charge in [-0.3, -0.25) is 14.3 Å². The van der Waals surface area contributed by atoms with Gasteiger partial charge in [-0.25, -0.2) is 0 Å². The third kappa shape index (κ3) is 9.00. The van der Waals surface area contributed by atoms with Crippen molar-refractivity contribution in [1.82, 2.24) is 25.3 Å². The predicted molar refractivity (Wildman–Crippen MR) is 156 cm³/mol. The van der Waals surface area contributed by atoms with Gasteiger partial charge in [0.25, 0.3) is 0 Å². The van der Waals surface area contributed by atoms with E-state index in [1.807, 2.05) is 64.9 Å². The molecular formula is C30H52N6O2. The van der Waals surface area contributed by atoms with Crippen LogP contribution in [0.15, 0.2) is 30.6 Å². The molecule has 0 aromatic carbocycles. The zero-order chi connectivity index (χ0) is 28.1. The van der Waals surface area contributed by atoms with Gasteiger partial charge in [0.1, 0.15) is 5.82 Å². The fraction of sp³-hybridized carbons (Fsp3) is 0.700. The molecule has 3 N–H and O–H groups in total. The quantitative estimate of drug-likeness (QED) is 0.468. The van der Waals surface area contributed by atoms with E-state index in [2.05, 4.69) is 27.6 Å². The number of nitrogens with zero attached hydrogens (tertiary/aromatic N) is 3. The average molecular weight is 529 g/mol. The Labute approximate surface area is 230 Å². The zero-order valence-electron chi connectivity index (χ0n) is 24.7. The SMILES string of the molecule is C/C=C\C.C=C1Nc2c(cnn2C)CN(C(=O)C2CCC(CNC(=O)CC3CCNCC3)CC2)C1C.CC. The number of carbonyl (C=O) groups excluding carboxylic acids is 2.